The molecule has 6 heterocycles. The van der Waals surface area contributed by atoms with Gasteiger partial charge in [-0.15, -0.1) is 0 Å². The summed E-state index contributed by atoms with van der Waals surface area (Å²) in [5, 5.41) is 14.1. The summed E-state index contributed by atoms with van der Waals surface area (Å²) < 4.78 is 9.03. The van der Waals surface area contributed by atoms with Gasteiger partial charge in [0.15, 0.2) is 0 Å². The van der Waals surface area contributed by atoms with Crippen molar-refractivity contribution in [1.82, 2.24) is 30.0 Å². The van der Waals surface area contributed by atoms with Crippen LogP contribution in [0.2, 0.25) is 0 Å². The Hall–Kier alpha value is -8.09. The summed E-state index contributed by atoms with van der Waals surface area (Å²) >= 11 is 4.69. The SMILES string of the molecule is C.CC1CCC(c2ccccc2)N(C(=O)C(=O)O)C1.CC1CCC(c2ccccc2)NC1.CCOC(=O)C(=O)Cl.CCOC(=O)C(=O)N1CC(C)CCC1c1ccccc1.Cc1cc(NC(=O)C(=O)N2CC(C)CCC2c2ccccc2)cnc1C.Cc1cnc(C)c(C)c1.O.[Li+].[OH-]. The van der Waals surface area contributed by atoms with Crippen molar-refractivity contribution in [1.29, 1.82) is 0 Å². The number of rotatable bonds is 8. The largest absolute Gasteiger partial charge is 1.00 e. The number of carbonyl (C=O) groups is 8. The van der Waals surface area contributed by atoms with Crippen LogP contribution in [0.15, 0.2) is 146 Å². The van der Waals surface area contributed by atoms with Crippen molar-refractivity contribution in [3.05, 3.63) is 196 Å². The summed E-state index contributed by atoms with van der Waals surface area (Å²) in [4.78, 5) is 105. The Morgan fingerprint density at radius 2 is 0.888 bits per heavy atom. The van der Waals surface area contributed by atoms with E-state index in [1.807, 2.05) is 131 Å². The molecule has 0 aliphatic carbocycles. The number of pyridine rings is 2. The number of nitrogens with one attached hydrogen (secondary N) is 2. The minimum absolute atomic E-state index is 0. The van der Waals surface area contributed by atoms with Gasteiger partial charge in [-0.3, -0.25) is 33.9 Å². The minimum atomic E-state index is -1.37. The molecule has 10 rings (SSSR count). The van der Waals surface area contributed by atoms with Crippen molar-refractivity contribution in [3.63, 3.8) is 0 Å². The zero-order valence-electron chi connectivity index (χ0n) is 58.5. The Morgan fingerprint density at radius 1 is 0.520 bits per heavy atom. The van der Waals surface area contributed by atoms with Crippen molar-refractivity contribution in [2.24, 2.45) is 23.7 Å². The number of nitrogens with zero attached hydrogens (tertiary/aromatic N) is 5. The maximum Gasteiger partial charge on any atom is 1.00 e. The molecule has 2 aromatic heterocycles. The molecule has 4 saturated heterocycles. The quantitative estimate of drug-likeness (QED) is 0.0553. The number of esters is 2. The van der Waals surface area contributed by atoms with Crippen molar-refractivity contribution in [3.8, 4) is 0 Å². The van der Waals surface area contributed by atoms with Crippen molar-refractivity contribution in [2.45, 2.75) is 159 Å². The molecule has 8 unspecified atom stereocenters. The maximum atomic E-state index is 12.9. The second-order valence-corrected chi connectivity index (χ2v) is 25.1. The Morgan fingerprint density at radius 3 is 1.23 bits per heavy atom. The number of benzene rings is 4. The van der Waals surface area contributed by atoms with Crippen LogP contribution < -0.4 is 29.5 Å². The molecule has 22 heteroatoms. The Balaban J connectivity index is 0.000000607. The van der Waals surface area contributed by atoms with Gasteiger partial charge in [0.25, 0.3) is 0 Å². The number of aliphatic carboxylic acids is 1. The molecule has 4 aliphatic rings. The fraction of sp³-hybridized carbons (Fsp3) is 0.447. The second kappa shape index (κ2) is 45.5. The van der Waals surface area contributed by atoms with Gasteiger partial charge in [0.05, 0.1) is 43.2 Å². The van der Waals surface area contributed by atoms with Crippen LogP contribution in [0, 0.1) is 58.3 Å². The molecular weight excluding hydrogens is 1260 g/mol. The second-order valence-electron chi connectivity index (χ2n) is 24.8. The summed E-state index contributed by atoms with van der Waals surface area (Å²) in [6.07, 6.45) is 11.8. The summed E-state index contributed by atoms with van der Waals surface area (Å²) in [6, 6.07) is 44.6. The van der Waals surface area contributed by atoms with E-state index in [9.17, 15) is 38.4 Å². The third-order valence-corrected chi connectivity index (χ3v) is 17.1. The number of halogens is 1. The van der Waals surface area contributed by atoms with E-state index in [1.54, 1.807) is 29.8 Å². The number of carboxylic acids is 1. The number of ether oxygens (including phenoxy) is 2. The predicted octanol–water partition coefficient (Wildman–Crippen LogP) is 9.96. The summed E-state index contributed by atoms with van der Waals surface area (Å²) in [5.74, 6) is -3.52. The zero-order valence-corrected chi connectivity index (χ0v) is 59.2. The standard InChI is InChI=1S/C21H25N3O2.C16H21NO3.C14H17NO3.C12H17N.C8H11N.C4H5ClO3.CH4.Li.2H2O/c1-14-9-10-19(17-7-5-4-6-8-17)24(13-14)21(26)20(25)23-18-11-15(2)16(3)22-12-18;1-3-20-16(19)15(18)17-11-12(2)9-10-14(17)13-7-5-4-6-8-13;1-10-7-8-12(11-5-3-2-4-6-11)15(9-10)13(16)14(17)18;1-10-7-8-12(13-9-10)11-5-3-2-4-6-11;1-6-4-7(2)8(3)9-5-6;1-2-8-4(7)3(5)6;;;;/h4-8,11-12,14,19H,9-10,13H2,1-3H3,(H,23,25);4-8,12,14H,3,9-11H2,1-2H3;2-6,10,12H,7-9H2,1H3,(H,17,18);2-6,10,12-13H,7-9H2,1H3;4-5H,1-3H3;2H2,1H3;1H4;;2*1H2/q;;;;;;;+1;;/p-1. The van der Waals surface area contributed by atoms with Crippen LogP contribution in [0.3, 0.4) is 0 Å². The Kier molecular flexibility index (Phi) is 40.8. The average Bonchev–Trinajstić information content (AvgIpc) is 0.831. The van der Waals surface area contributed by atoms with Crippen molar-refractivity contribution < 1.29 is 82.7 Å². The molecule has 20 nitrogen and oxygen atoms in total. The molecule has 4 fully saturated rings. The number of aromatic nitrogens is 2. The smallest absolute Gasteiger partial charge is 0.870 e. The maximum absolute atomic E-state index is 12.9. The van der Waals surface area contributed by atoms with E-state index in [-0.39, 0.29) is 68.6 Å². The number of aryl methyl sites for hydroxylation is 5. The summed E-state index contributed by atoms with van der Waals surface area (Å²) in [5.41, 5.74) is 10.7. The number of hydrogen-bond donors (Lipinski definition) is 3. The third-order valence-electron chi connectivity index (χ3n) is 17.0. The molecular formula is C76H103ClLiN7O13. The van der Waals surface area contributed by atoms with Gasteiger partial charge in [-0.25, -0.2) is 14.4 Å². The van der Waals surface area contributed by atoms with Crippen LogP contribution in [0.5, 0.6) is 0 Å². The van der Waals surface area contributed by atoms with Crippen LogP contribution in [0.1, 0.15) is 175 Å². The summed E-state index contributed by atoms with van der Waals surface area (Å²) in [6.45, 7) is 25.2. The number of anilines is 1. The van der Waals surface area contributed by atoms with Gasteiger partial charge >= 0.3 is 65.6 Å². The first-order valence-corrected chi connectivity index (χ1v) is 33.1. The fourth-order valence-corrected chi connectivity index (χ4v) is 11.7. The first-order valence-electron chi connectivity index (χ1n) is 32.7. The summed E-state index contributed by atoms with van der Waals surface area (Å²) in [7, 11) is 0. The molecule has 0 bridgehead atoms. The number of likely N-dealkylation sites (tertiary alicyclic amines) is 3. The van der Waals surface area contributed by atoms with Crippen LogP contribution in [0.25, 0.3) is 0 Å². The first-order chi connectivity index (χ1) is 44.9. The normalized spacial score (nSPS) is 19.6. The molecule has 0 spiro atoms. The number of piperidine rings is 4. The van der Waals surface area contributed by atoms with Crippen molar-refractivity contribution in [2.75, 3.05) is 44.7 Å². The number of carboxylic acid groups (broad SMARTS) is 1. The number of amides is 4. The molecule has 4 amide bonds. The van der Waals surface area contributed by atoms with E-state index in [0.29, 0.717) is 49.1 Å². The molecule has 98 heavy (non-hydrogen) atoms. The molecule has 0 radical (unpaired) electrons. The van der Waals surface area contributed by atoms with Crippen LogP contribution in [0.4, 0.5) is 5.69 Å². The number of carbonyl (C=O) groups excluding carboxylic acids is 7. The Labute approximate surface area is 597 Å². The van der Waals surface area contributed by atoms with Gasteiger partial charge in [-0.05, 0) is 187 Å². The van der Waals surface area contributed by atoms with Gasteiger partial charge in [0, 0.05) is 43.3 Å². The average molecular weight is 1370 g/mol. The van der Waals surface area contributed by atoms with Gasteiger partial charge in [-0.2, -0.15) is 0 Å². The minimum Gasteiger partial charge on any atom is -0.870 e. The van der Waals surface area contributed by atoms with Crippen LogP contribution >= 0.6 is 11.6 Å². The molecule has 6 N–H and O–H groups in total. The molecule has 4 aliphatic heterocycles. The van der Waals surface area contributed by atoms with Crippen LogP contribution in [-0.4, -0.2) is 127 Å². The van der Waals surface area contributed by atoms with Gasteiger partial charge in [0.1, 0.15) is 0 Å². The third kappa shape index (κ3) is 28.4. The Bertz CT molecular complexity index is 3400. The van der Waals surface area contributed by atoms with Gasteiger partial charge in [-0.1, -0.05) is 163 Å². The van der Waals surface area contributed by atoms with E-state index in [1.165, 1.54) is 41.0 Å². The fourth-order valence-electron chi connectivity index (χ4n) is 11.6. The zero-order chi connectivity index (χ0) is 68.9. The van der Waals surface area contributed by atoms with Crippen LogP contribution in [-0.2, 0) is 47.8 Å². The number of hydrogen-bond acceptors (Lipinski definition) is 14. The van der Waals surface area contributed by atoms with Crippen molar-refractivity contribution >= 4 is 64.1 Å². The van der Waals surface area contributed by atoms with E-state index >= 15 is 0 Å². The van der Waals surface area contributed by atoms with E-state index in [0.717, 1.165) is 78.1 Å². The topological polar surface area (TPSA) is 296 Å². The predicted molar refractivity (Wildman–Crippen MR) is 378 cm³/mol. The molecule has 4 aromatic carbocycles. The monoisotopic (exact) mass is 1360 g/mol. The molecule has 0 saturated carbocycles. The molecule has 6 aromatic rings. The molecule has 8 atom stereocenters. The van der Waals surface area contributed by atoms with E-state index in [4.69, 9.17) is 21.4 Å². The molecule has 528 valence electrons. The van der Waals surface area contributed by atoms with Gasteiger partial charge < -0.3 is 50.9 Å². The van der Waals surface area contributed by atoms with E-state index in [2.05, 4.69) is 96.4 Å². The van der Waals surface area contributed by atoms with Gasteiger partial charge in [0.2, 0.25) is 0 Å². The van der Waals surface area contributed by atoms with E-state index < -0.39 is 46.8 Å². The first kappa shape index (κ1) is 87.9.